The van der Waals surface area contributed by atoms with Crippen molar-refractivity contribution in [3.05, 3.63) is 18.1 Å². The average molecular weight is 263 g/mol. The molecule has 2 rings (SSSR count). The summed E-state index contributed by atoms with van der Waals surface area (Å²) in [7, 11) is 2.08. The van der Waals surface area contributed by atoms with Gasteiger partial charge in [0.15, 0.2) is 0 Å². The zero-order valence-corrected chi connectivity index (χ0v) is 11.6. The summed E-state index contributed by atoms with van der Waals surface area (Å²) in [5.41, 5.74) is 0.422. The third-order valence-corrected chi connectivity index (χ3v) is 3.24. The first-order chi connectivity index (χ1) is 9.20. The molecule has 6 heteroatoms. The number of nitrogens with one attached hydrogen (secondary N) is 1. The average Bonchev–Trinajstić information content (AvgIpc) is 2.64. The molecule has 1 amide bonds. The lowest BCUT2D eigenvalue weighted by atomic mass is 10.3. The van der Waals surface area contributed by atoms with Gasteiger partial charge in [-0.1, -0.05) is 0 Å². The molecule has 1 aromatic rings. The molecule has 1 aromatic heterocycles. The third-order valence-electron chi connectivity index (χ3n) is 3.24. The van der Waals surface area contributed by atoms with Gasteiger partial charge < -0.3 is 15.1 Å². The number of aromatic nitrogens is 2. The zero-order valence-electron chi connectivity index (χ0n) is 11.6. The smallest absolute Gasteiger partial charge is 0.274 e. The van der Waals surface area contributed by atoms with E-state index in [-0.39, 0.29) is 5.91 Å². The molecule has 0 radical (unpaired) electrons. The molecule has 19 heavy (non-hydrogen) atoms. The van der Waals surface area contributed by atoms with Crippen molar-refractivity contribution in [3.63, 3.8) is 0 Å². The fourth-order valence-electron chi connectivity index (χ4n) is 2.12. The topological polar surface area (TPSA) is 61.4 Å². The van der Waals surface area contributed by atoms with Gasteiger partial charge in [0.2, 0.25) is 0 Å². The van der Waals surface area contributed by atoms with Gasteiger partial charge in [0, 0.05) is 26.2 Å². The highest BCUT2D eigenvalue weighted by Gasteiger charge is 2.20. The molecule has 0 unspecified atom stereocenters. The van der Waals surface area contributed by atoms with E-state index in [1.165, 1.54) is 0 Å². The molecular formula is C13H21N5O. The number of anilines is 1. The second kappa shape index (κ2) is 6.47. The Kier molecular flexibility index (Phi) is 4.68. The number of hydrogen-bond donors (Lipinski definition) is 1. The second-order valence-corrected chi connectivity index (χ2v) is 4.77. The van der Waals surface area contributed by atoms with E-state index in [9.17, 15) is 4.79 Å². The molecule has 1 aliphatic heterocycles. The number of nitrogens with zero attached hydrogens (tertiary/aromatic N) is 4. The highest BCUT2D eigenvalue weighted by Crippen LogP contribution is 2.07. The minimum Gasteiger partial charge on any atom is -0.369 e. The summed E-state index contributed by atoms with van der Waals surface area (Å²) in [6.45, 7) is 6.28. The van der Waals surface area contributed by atoms with Crippen molar-refractivity contribution in [2.24, 2.45) is 0 Å². The molecule has 1 aliphatic rings. The van der Waals surface area contributed by atoms with Crippen LogP contribution in [0, 0.1) is 0 Å². The maximum absolute atomic E-state index is 12.3. The highest BCUT2D eigenvalue weighted by atomic mass is 16.2. The van der Waals surface area contributed by atoms with Crippen molar-refractivity contribution in [2.45, 2.75) is 13.3 Å². The summed E-state index contributed by atoms with van der Waals surface area (Å²) >= 11 is 0. The van der Waals surface area contributed by atoms with Crippen LogP contribution in [0.5, 0.6) is 0 Å². The summed E-state index contributed by atoms with van der Waals surface area (Å²) < 4.78 is 0. The molecule has 1 saturated heterocycles. The lowest BCUT2D eigenvalue weighted by Crippen LogP contribution is -2.35. The molecule has 104 valence electrons. The minimum atomic E-state index is -0.0224. The van der Waals surface area contributed by atoms with Gasteiger partial charge in [-0.2, -0.15) is 0 Å². The molecule has 0 aromatic carbocycles. The number of amides is 1. The fourth-order valence-corrected chi connectivity index (χ4v) is 2.12. The van der Waals surface area contributed by atoms with Crippen LogP contribution < -0.4 is 5.32 Å². The molecule has 0 saturated carbocycles. The molecular weight excluding hydrogens is 242 g/mol. The van der Waals surface area contributed by atoms with Crippen molar-refractivity contribution in [3.8, 4) is 0 Å². The van der Waals surface area contributed by atoms with Crippen LogP contribution in [0.2, 0.25) is 0 Å². The van der Waals surface area contributed by atoms with Crippen LogP contribution >= 0.6 is 0 Å². The zero-order chi connectivity index (χ0) is 13.7. The number of hydrogen-bond acceptors (Lipinski definition) is 5. The Hall–Kier alpha value is -1.69. The van der Waals surface area contributed by atoms with Crippen molar-refractivity contribution in [1.29, 1.82) is 0 Å². The van der Waals surface area contributed by atoms with E-state index < -0.39 is 0 Å². The van der Waals surface area contributed by atoms with E-state index in [1.54, 1.807) is 12.4 Å². The van der Waals surface area contributed by atoms with E-state index in [1.807, 2.05) is 11.8 Å². The quantitative estimate of drug-likeness (QED) is 0.869. The molecule has 6 nitrogen and oxygen atoms in total. The number of carbonyl (C=O) groups is 1. The molecule has 1 fully saturated rings. The summed E-state index contributed by atoms with van der Waals surface area (Å²) in [6.07, 6.45) is 4.17. The summed E-state index contributed by atoms with van der Waals surface area (Å²) in [4.78, 5) is 24.8. The molecule has 0 atom stereocenters. The minimum absolute atomic E-state index is 0.0224. The van der Waals surface area contributed by atoms with Gasteiger partial charge in [0.1, 0.15) is 11.5 Å². The Morgan fingerprint density at radius 1 is 1.26 bits per heavy atom. The summed E-state index contributed by atoms with van der Waals surface area (Å²) in [5, 5.41) is 3.06. The van der Waals surface area contributed by atoms with Crippen LogP contribution in [-0.2, 0) is 0 Å². The van der Waals surface area contributed by atoms with Crippen LogP contribution in [0.3, 0.4) is 0 Å². The maximum Gasteiger partial charge on any atom is 0.274 e. The van der Waals surface area contributed by atoms with Crippen molar-refractivity contribution >= 4 is 11.7 Å². The molecule has 2 heterocycles. The lowest BCUT2D eigenvalue weighted by molar-refractivity contribution is 0.0756. The van der Waals surface area contributed by atoms with E-state index in [4.69, 9.17) is 0 Å². The van der Waals surface area contributed by atoms with Crippen LogP contribution in [0.15, 0.2) is 12.4 Å². The molecule has 0 bridgehead atoms. The summed E-state index contributed by atoms with van der Waals surface area (Å²) in [6, 6.07) is 0. The van der Waals surface area contributed by atoms with Crippen LogP contribution in [0.4, 0.5) is 5.82 Å². The SMILES string of the molecule is CCNc1cnc(C(=O)N2CCCN(C)CC2)cn1. The van der Waals surface area contributed by atoms with Crippen molar-refractivity contribution < 1.29 is 4.79 Å². The largest absolute Gasteiger partial charge is 0.369 e. The van der Waals surface area contributed by atoms with Gasteiger partial charge >= 0.3 is 0 Å². The number of rotatable bonds is 3. The van der Waals surface area contributed by atoms with E-state index in [0.29, 0.717) is 11.5 Å². The van der Waals surface area contributed by atoms with Gasteiger partial charge in [-0.05, 0) is 26.9 Å². The van der Waals surface area contributed by atoms with Gasteiger partial charge in [-0.15, -0.1) is 0 Å². The Balaban J connectivity index is 2.02. The van der Waals surface area contributed by atoms with E-state index in [0.717, 1.165) is 39.1 Å². The normalized spacial score (nSPS) is 17.1. The van der Waals surface area contributed by atoms with Crippen LogP contribution in [0.25, 0.3) is 0 Å². The first-order valence-electron chi connectivity index (χ1n) is 6.74. The van der Waals surface area contributed by atoms with Crippen molar-refractivity contribution in [1.82, 2.24) is 19.8 Å². The Bertz CT molecular complexity index is 420. The van der Waals surface area contributed by atoms with E-state index >= 15 is 0 Å². The molecule has 1 N–H and O–H groups in total. The monoisotopic (exact) mass is 263 g/mol. The van der Waals surface area contributed by atoms with Gasteiger partial charge in [-0.3, -0.25) is 4.79 Å². The first kappa shape index (κ1) is 13.7. The molecule has 0 spiro atoms. The van der Waals surface area contributed by atoms with Gasteiger partial charge in [-0.25, -0.2) is 9.97 Å². The predicted octanol–water partition coefficient (Wildman–Crippen LogP) is 0.686. The van der Waals surface area contributed by atoms with E-state index in [2.05, 4.69) is 27.2 Å². The standard InChI is InChI=1S/C13H21N5O/c1-3-14-12-10-15-11(9-16-12)13(19)18-6-4-5-17(2)7-8-18/h9-10H,3-8H2,1-2H3,(H,14,16). The Labute approximate surface area is 113 Å². The van der Waals surface area contributed by atoms with Crippen LogP contribution in [0.1, 0.15) is 23.8 Å². The third kappa shape index (κ3) is 3.64. The van der Waals surface area contributed by atoms with Crippen molar-refractivity contribution in [2.75, 3.05) is 45.1 Å². The van der Waals surface area contributed by atoms with Crippen LogP contribution in [-0.4, -0.2) is 65.4 Å². The number of likely N-dealkylation sites (N-methyl/N-ethyl adjacent to an activating group) is 1. The second-order valence-electron chi connectivity index (χ2n) is 4.77. The van der Waals surface area contributed by atoms with Gasteiger partial charge in [0.25, 0.3) is 5.91 Å². The fraction of sp³-hybridized carbons (Fsp3) is 0.615. The Morgan fingerprint density at radius 2 is 2.11 bits per heavy atom. The Morgan fingerprint density at radius 3 is 2.79 bits per heavy atom. The molecule has 0 aliphatic carbocycles. The summed E-state index contributed by atoms with van der Waals surface area (Å²) in [5.74, 6) is 0.681. The van der Waals surface area contributed by atoms with Gasteiger partial charge in [0.05, 0.1) is 12.4 Å². The maximum atomic E-state index is 12.3. The lowest BCUT2D eigenvalue weighted by Gasteiger charge is -2.19. The first-order valence-corrected chi connectivity index (χ1v) is 6.74. The predicted molar refractivity (Wildman–Crippen MR) is 74.2 cm³/mol. The number of carbonyl (C=O) groups excluding carboxylic acids is 1. The highest BCUT2D eigenvalue weighted by molar-refractivity contribution is 5.92.